The number of pyridine rings is 1. The molecule has 2 heterocycles. The van der Waals surface area contributed by atoms with Gasteiger partial charge in [0.05, 0.1) is 36.2 Å². The first-order valence-electron chi connectivity index (χ1n) is 20.2. The lowest BCUT2D eigenvalue weighted by Crippen LogP contribution is -2.64. The molecule has 6 unspecified atom stereocenters. The van der Waals surface area contributed by atoms with Crippen LogP contribution in [-0.2, 0) is 16.0 Å². The van der Waals surface area contributed by atoms with Gasteiger partial charge in [-0.25, -0.2) is 0 Å². The largest absolute Gasteiger partial charge is 0.496 e. The maximum absolute atomic E-state index is 11.9. The summed E-state index contributed by atoms with van der Waals surface area (Å²) in [6.45, 7) is 10.6. The van der Waals surface area contributed by atoms with Crippen molar-refractivity contribution in [1.82, 2.24) is 4.98 Å². The van der Waals surface area contributed by atoms with Crippen LogP contribution < -0.4 is 14.2 Å². The van der Waals surface area contributed by atoms with Crippen molar-refractivity contribution in [3.8, 4) is 23.0 Å². The molecule has 0 saturated heterocycles. The summed E-state index contributed by atoms with van der Waals surface area (Å²) in [6, 6.07) is 15.3. The van der Waals surface area contributed by atoms with E-state index in [1.54, 1.807) is 24.3 Å². The summed E-state index contributed by atoms with van der Waals surface area (Å²) in [7, 11) is 1.53. The Hall–Kier alpha value is -4.16. The third-order valence-corrected chi connectivity index (χ3v) is 12.4. The summed E-state index contributed by atoms with van der Waals surface area (Å²) in [5.74, 6) is 2.09. The van der Waals surface area contributed by atoms with Crippen LogP contribution in [0.1, 0.15) is 93.1 Å². The average molecular weight is 799 g/mol. The number of benzene rings is 2. The van der Waals surface area contributed by atoms with Gasteiger partial charge < -0.3 is 34.0 Å². The number of fused-ring (bicyclic) bond motifs is 2. The number of aromatic nitrogens is 1. The lowest BCUT2D eigenvalue weighted by molar-refractivity contribution is -0.223. The number of hydrogen-bond acceptors (Lipinski definition) is 11. The van der Waals surface area contributed by atoms with E-state index in [0.29, 0.717) is 42.3 Å². The van der Waals surface area contributed by atoms with Crippen LogP contribution in [0.5, 0.6) is 23.0 Å². The molecule has 1 saturated carbocycles. The number of hydrogen-bond donors (Lipinski definition) is 2. The lowest BCUT2D eigenvalue weighted by Gasteiger charge is -2.58. The van der Waals surface area contributed by atoms with Gasteiger partial charge in [-0.15, -0.1) is 6.58 Å². The standard InChI is InChI=1S/C46H58N2O8S/c1-6-24-53-46-42(57-25-19-31-17-20-47-21-18-31)29-39(48-56-45(2,3)4)37-27-32(11-7-9-22-49)36(12-8-10-23-50)43(44(37)46)38-28-35(14-16-41(38)55-46)54-34-13-15-40(52-5)33(26-34)30-51/h6,13-18,20-21,26-28,30,32,36,42-44,49-50H,1,7-12,19,22-25,29H2,2-5H3. The third kappa shape index (κ3) is 9.94. The van der Waals surface area contributed by atoms with E-state index < -0.39 is 11.4 Å². The van der Waals surface area contributed by atoms with E-state index in [1.165, 1.54) is 12.7 Å². The van der Waals surface area contributed by atoms with Crippen molar-refractivity contribution >= 4 is 23.8 Å². The maximum Gasteiger partial charge on any atom is 0.230 e. The van der Waals surface area contributed by atoms with Crippen molar-refractivity contribution < 1.29 is 38.8 Å². The predicted octanol–water partition coefficient (Wildman–Crippen LogP) is 9.10. The Bertz CT molecular complexity index is 1880. The highest BCUT2D eigenvalue weighted by molar-refractivity contribution is 8.00. The fraction of sp³-hybridized carbons (Fsp3) is 0.500. The molecule has 1 aromatic heterocycles. The van der Waals surface area contributed by atoms with Gasteiger partial charge in [0.25, 0.3) is 0 Å². The van der Waals surface area contributed by atoms with Crippen LogP contribution in [0.25, 0.3) is 0 Å². The van der Waals surface area contributed by atoms with Gasteiger partial charge in [0.2, 0.25) is 5.79 Å². The Balaban J connectivity index is 1.52. The molecule has 0 radical (unpaired) electrons. The number of aliphatic hydroxyl groups excluding tert-OH is 2. The second-order valence-corrected chi connectivity index (χ2v) is 17.4. The van der Waals surface area contributed by atoms with Gasteiger partial charge in [0, 0.05) is 43.5 Å². The summed E-state index contributed by atoms with van der Waals surface area (Å²) in [6.07, 6.45) is 15.0. The molecule has 2 aromatic carbocycles. The first kappa shape index (κ1) is 42.4. The topological polar surface area (TPSA) is 129 Å². The number of aryl methyl sites for hydroxylation is 1. The molecule has 1 aliphatic heterocycles. The molecule has 3 aliphatic rings. The lowest BCUT2D eigenvalue weighted by atomic mass is 9.56. The van der Waals surface area contributed by atoms with Gasteiger partial charge in [-0.1, -0.05) is 30.1 Å². The summed E-state index contributed by atoms with van der Waals surface area (Å²) in [5, 5.41) is 24.5. The molecule has 57 heavy (non-hydrogen) atoms. The fourth-order valence-corrected chi connectivity index (χ4v) is 10.0. The predicted molar refractivity (Wildman–Crippen MR) is 225 cm³/mol. The van der Waals surface area contributed by atoms with E-state index in [2.05, 4.69) is 35.8 Å². The molecule has 1 fully saturated rings. The molecule has 2 N–H and O–H groups in total. The molecule has 306 valence electrons. The van der Waals surface area contributed by atoms with Crippen molar-refractivity contribution in [2.75, 3.05) is 32.7 Å². The number of methoxy groups -OCH3 is 1. The second kappa shape index (κ2) is 19.5. The van der Waals surface area contributed by atoms with Gasteiger partial charge in [-0.3, -0.25) is 9.78 Å². The van der Waals surface area contributed by atoms with Crippen LogP contribution in [0, 0.1) is 17.8 Å². The summed E-state index contributed by atoms with van der Waals surface area (Å²) in [5.41, 5.74) is 4.11. The van der Waals surface area contributed by atoms with Crippen molar-refractivity contribution in [1.29, 1.82) is 0 Å². The van der Waals surface area contributed by atoms with Crippen LogP contribution in [0.2, 0.25) is 0 Å². The number of allylic oxidation sites excluding steroid dienone is 1. The van der Waals surface area contributed by atoms with Gasteiger partial charge in [0.15, 0.2) is 6.29 Å². The Kier molecular flexibility index (Phi) is 14.5. The highest BCUT2D eigenvalue weighted by Crippen LogP contribution is 2.62. The number of carbonyl (C=O) groups is 1. The number of carbonyl (C=O) groups excluding carboxylic acids is 1. The molecular weight excluding hydrogens is 741 g/mol. The van der Waals surface area contributed by atoms with Gasteiger partial charge >= 0.3 is 0 Å². The minimum Gasteiger partial charge on any atom is -0.496 e. The highest BCUT2D eigenvalue weighted by atomic mass is 32.2. The third-order valence-electron chi connectivity index (χ3n) is 11.1. The smallest absolute Gasteiger partial charge is 0.230 e. The molecule has 11 heteroatoms. The zero-order valence-corrected chi connectivity index (χ0v) is 34.5. The van der Waals surface area contributed by atoms with E-state index in [9.17, 15) is 15.0 Å². The van der Waals surface area contributed by atoms with Crippen LogP contribution in [-0.4, -0.2) is 76.5 Å². The van der Waals surface area contributed by atoms with Gasteiger partial charge in [-0.2, -0.15) is 11.8 Å². The number of nitrogens with zero attached hydrogens (tertiary/aromatic N) is 2. The number of oxime groups is 1. The van der Waals surface area contributed by atoms with E-state index in [-0.39, 0.29) is 42.1 Å². The van der Waals surface area contributed by atoms with Gasteiger partial charge in [-0.05, 0) is 130 Å². The number of rotatable bonds is 20. The fourth-order valence-electron chi connectivity index (χ4n) is 8.60. The molecule has 10 nitrogen and oxygen atoms in total. The summed E-state index contributed by atoms with van der Waals surface area (Å²) < 4.78 is 26.2. The molecule has 6 atom stereocenters. The zero-order chi connectivity index (χ0) is 40.4. The quantitative estimate of drug-likeness (QED) is 0.0495. The van der Waals surface area contributed by atoms with Crippen molar-refractivity contribution in [3.05, 3.63) is 102 Å². The van der Waals surface area contributed by atoms with E-state index in [1.807, 2.05) is 57.1 Å². The van der Waals surface area contributed by atoms with E-state index in [0.717, 1.165) is 73.2 Å². The molecule has 2 aliphatic carbocycles. The van der Waals surface area contributed by atoms with Crippen molar-refractivity contribution in [2.45, 2.75) is 94.7 Å². The number of unbranched alkanes of at least 4 members (excludes halogenated alkanes) is 2. The maximum atomic E-state index is 11.9. The number of ether oxygens (including phenoxy) is 4. The summed E-state index contributed by atoms with van der Waals surface area (Å²) >= 11 is 1.84. The monoisotopic (exact) mass is 798 g/mol. The van der Waals surface area contributed by atoms with Crippen LogP contribution in [0.15, 0.2) is 90.4 Å². The Morgan fingerprint density at radius 1 is 1.02 bits per heavy atom. The molecule has 0 bridgehead atoms. The van der Waals surface area contributed by atoms with Crippen molar-refractivity contribution in [3.63, 3.8) is 0 Å². The minimum absolute atomic E-state index is 0.0789. The van der Waals surface area contributed by atoms with Crippen molar-refractivity contribution in [2.24, 2.45) is 22.9 Å². The van der Waals surface area contributed by atoms with E-state index >= 15 is 0 Å². The summed E-state index contributed by atoms with van der Waals surface area (Å²) in [4.78, 5) is 22.3. The molecule has 6 rings (SSSR count). The molecule has 3 aromatic rings. The number of aliphatic hydroxyl groups is 2. The van der Waals surface area contributed by atoms with Crippen LogP contribution in [0.3, 0.4) is 0 Å². The van der Waals surface area contributed by atoms with Gasteiger partial charge in [0.1, 0.15) is 28.6 Å². The first-order chi connectivity index (χ1) is 27.6. The molecular formula is C46H58N2O8S. The average Bonchev–Trinajstić information content (AvgIpc) is 3.21. The first-order valence-corrected chi connectivity index (χ1v) is 21.3. The Morgan fingerprint density at radius 2 is 1.75 bits per heavy atom. The Labute approximate surface area is 341 Å². The second-order valence-electron chi connectivity index (χ2n) is 16.0. The molecule has 0 amide bonds. The van der Waals surface area contributed by atoms with Crippen LogP contribution in [0.4, 0.5) is 0 Å². The highest BCUT2D eigenvalue weighted by Gasteiger charge is 2.64. The van der Waals surface area contributed by atoms with Crippen LogP contribution >= 0.6 is 11.8 Å². The minimum atomic E-state index is -1.07. The molecule has 0 spiro atoms. The zero-order valence-electron chi connectivity index (χ0n) is 33.7. The number of thioether (sulfide) groups is 1. The van der Waals surface area contributed by atoms with E-state index in [4.69, 9.17) is 28.9 Å². The number of aldehydes is 1. The normalized spacial score (nSPS) is 24.4. The Morgan fingerprint density at radius 3 is 2.46 bits per heavy atom. The SMILES string of the molecule is C=CCOC12Oc3ccc(Oc4ccc(OC)c(C=O)c4)cc3C3C(CCCCO)C(CCCCO)C=C(C(=NOC(C)(C)C)CC1SCCc1ccncc1)C32.